The first-order valence-electron chi connectivity index (χ1n) is 7.56. The molecular weight excluding hydrogens is 266 g/mol. The number of piperidine rings is 1. The summed E-state index contributed by atoms with van der Waals surface area (Å²) in [6.45, 7) is 2.07. The molecular formula is C15H19N5O. The molecule has 1 N–H and O–H groups in total. The molecule has 4 rings (SSSR count). The number of likely N-dealkylation sites (tertiary alicyclic amines) is 1. The minimum atomic E-state index is 0.117. The van der Waals surface area contributed by atoms with Crippen LogP contribution in [0.4, 0.5) is 0 Å². The molecule has 3 aliphatic rings. The molecule has 1 amide bonds. The van der Waals surface area contributed by atoms with E-state index in [0.717, 1.165) is 60.5 Å². The zero-order valence-corrected chi connectivity index (χ0v) is 12.2. The van der Waals surface area contributed by atoms with Crippen LogP contribution < -0.4 is 15.9 Å². The summed E-state index contributed by atoms with van der Waals surface area (Å²) in [4.78, 5) is 15.2. The Labute approximate surface area is 123 Å². The van der Waals surface area contributed by atoms with Crippen molar-refractivity contribution < 1.29 is 4.79 Å². The third kappa shape index (κ3) is 2.01. The van der Waals surface area contributed by atoms with Crippen molar-refractivity contribution in [3.63, 3.8) is 0 Å². The van der Waals surface area contributed by atoms with E-state index in [9.17, 15) is 4.79 Å². The summed E-state index contributed by atoms with van der Waals surface area (Å²) in [5.41, 5.74) is 5.07. The van der Waals surface area contributed by atoms with Crippen molar-refractivity contribution in [2.45, 2.75) is 31.7 Å². The van der Waals surface area contributed by atoms with Crippen LogP contribution in [0.2, 0.25) is 0 Å². The fraction of sp³-hybridized carbons (Fsp3) is 0.533. The molecule has 2 aliphatic heterocycles. The molecule has 6 heteroatoms. The van der Waals surface area contributed by atoms with Gasteiger partial charge in [0.1, 0.15) is 0 Å². The maximum atomic E-state index is 12.9. The molecule has 1 aliphatic carbocycles. The Morgan fingerprint density at radius 2 is 2.10 bits per heavy atom. The maximum absolute atomic E-state index is 12.9. The van der Waals surface area contributed by atoms with E-state index in [0.29, 0.717) is 0 Å². The standard InChI is InChI=1S/C15H19N5O/c1-19-6-4-11(5-7-19)20-15(21)12-2-3-13-14(12)10(9-17-20)8-16-18-13/h8-9,11,17H,2-7H2,1H3. The number of aromatic nitrogens is 2. The lowest BCUT2D eigenvalue weighted by molar-refractivity contribution is -0.130. The van der Waals surface area contributed by atoms with Crippen LogP contribution in [0.25, 0.3) is 11.8 Å². The molecule has 110 valence electrons. The van der Waals surface area contributed by atoms with Crippen molar-refractivity contribution in [1.82, 2.24) is 25.5 Å². The SMILES string of the molecule is CN1CCC(N2NC=c3cnnc4c3=C(CC4)C2=O)CC1. The lowest BCUT2D eigenvalue weighted by atomic mass is 10.0. The second-order valence-corrected chi connectivity index (χ2v) is 6.08. The summed E-state index contributed by atoms with van der Waals surface area (Å²) >= 11 is 0. The highest BCUT2D eigenvalue weighted by atomic mass is 16.2. The number of nitrogens with zero attached hydrogens (tertiary/aromatic N) is 4. The van der Waals surface area contributed by atoms with Crippen LogP contribution in [0, 0.1) is 0 Å². The van der Waals surface area contributed by atoms with Crippen molar-refractivity contribution in [1.29, 1.82) is 0 Å². The highest BCUT2D eigenvalue weighted by molar-refractivity contribution is 6.14. The van der Waals surface area contributed by atoms with Crippen molar-refractivity contribution >= 4 is 17.7 Å². The van der Waals surface area contributed by atoms with Gasteiger partial charge in [0.15, 0.2) is 0 Å². The zero-order valence-electron chi connectivity index (χ0n) is 12.2. The van der Waals surface area contributed by atoms with Crippen LogP contribution in [0.1, 0.15) is 25.0 Å². The lowest BCUT2D eigenvalue weighted by Gasteiger charge is -2.36. The summed E-state index contributed by atoms with van der Waals surface area (Å²) < 4.78 is 0. The van der Waals surface area contributed by atoms with E-state index in [2.05, 4.69) is 27.6 Å². The number of nitrogens with one attached hydrogen (secondary N) is 1. The number of hydrogen-bond acceptors (Lipinski definition) is 5. The number of carbonyl (C=O) groups is 1. The molecule has 21 heavy (non-hydrogen) atoms. The Bertz CT molecular complexity index is 705. The molecule has 0 atom stereocenters. The van der Waals surface area contributed by atoms with Crippen LogP contribution >= 0.6 is 0 Å². The topological polar surface area (TPSA) is 61.4 Å². The molecule has 1 saturated heterocycles. The van der Waals surface area contributed by atoms with Crippen LogP contribution in [0.3, 0.4) is 0 Å². The second-order valence-electron chi connectivity index (χ2n) is 6.08. The number of rotatable bonds is 1. The molecule has 6 nitrogen and oxygen atoms in total. The molecule has 0 bridgehead atoms. The summed E-state index contributed by atoms with van der Waals surface area (Å²) in [6, 6.07) is 0.261. The molecule has 0 radical (unpaired) electrons. The largest absolute Gasteiger partial charge is 0.306 e. The summed E-state index contributed by atoms with van der Waals surface area (Å²) in [5, 5.41) is 12.0. The van der Waals surface area contributed by atoms with Gasteiger partial charge in [0.2, 0.25) is 0 Å². The van der Waals surface area contributed by atoms with Gasteiger partial charge in [-0.1, -0.05) is 0 Å². The van der Waals surface area contributed by atoms with Crippen molar-refractivity contribution in [3.8, 4) is 0 Å². The normalized spacial score (nSPS) is 22.6. The average molecular weight is 285 g/mol. The predicted octanol–water partition coefficient (Wildman–Crippen LogP) is -1.25. The zero-order chi connectivity index (χ0) is 14.4. The minimum Gasteiger partial charge on any atom is -0.306 e. The Morgan fingerprint density at radius 1 is 1.29 bits per heavy atom. The van der Waals surface area contributed by atoms with E-state index in [1.54, 1.807) is 6.20 Å². The van der Waals surface area contributed by atoms with E-state index in [1.807, 2.05) is 11.2 Å². The third-order valence-corrected chi connectivity index (χ3v) is 4.76. The smallest absolute Gasteiger partial charge is 0.269 e. The Morgan fingerprint density at radius 3 is 2.90 bits per heavy atom. The first kappa shape index (κ1) is 12.8. The van der Waals surface area contributed by atoms with Gasteiger partial charge >= 0.3 is 0 Å². The second kappa shape index (κ2) is 4.80. The number of aryl methyl sites for hydroxylation is 1. The van der Waals surface area contributed by atoms with Gasteiger partial charge in [-0.3, -0.25) is 4.79 Å². The van der Waals surface area contributed by atoms with E-state index in [4.69, 9.17) is 0 Å². The fourth-order valence-electron chi connectivity index (χ4n) is 3.52. The molecule has 1 aromatic heterocycles. The molecule has 0 aromatic carbocycles. The summed E-state index contributed by atoms with van der Waals surface area (Å²) in [5.74, 6) is 0.117. The Kier molecular flexibility index (Phi) is 2.92. The monoisotopic (exact) mass is 285 g/mol. The van der Waals surface area contributed by atoms with Crippen molar-refractivity contribution in [3.05, 3.63) is 22.3 Å². The van der Waals surface area contributed by atoms with Gasteiger partial charge in [-0.2, -0.15) is 10.2 Å². The van der Waals surface area contributed by atoms with Gasteiger partial charge < -0.3 is 10.3 Å². The van der Waals surface area contributed by atoms with Crippen LogP contribution in [0.5, 0.6) is 0 Å². The highest BCUT2D eigenvalue weighted by Gasteiger charge is 2.32. The quantitative estimate of drug-likeness (QED) is 0.699. The molecule has 0 saturated carbocycles. The highest BCUT2D eigenvalue weighted by Crippen LogP contribution is 2.20. The maximum Gasteiger partial charge on any atom is 0.269 e. The van der Waals surface area contributed by atoms with E-state index < -0.39 is 0 Å². The molecule has 1 aromatic rings. The number of amides is 1. The van der Waals surface area contributed by atoms with Gasteiger partial charge in [-0.05, 0) is 45.8 Å². The fourth-order valence-corrected chi connectivity index (χ4v) is 3.52. The number of hydrazine groups is 1. The lowest BCUT2D eigenvalue weighted by Crippen LogP contribution is -2.51. The number of hydrogen-bond donors (Lipinski definition) is 1. The minimum absolute atomic E-state index is 0.117. The van der Waals surface area contributed by atoms with Crippen LogP contribution in [-0.4, -0.2) is 52.2 Å². The molecule has 0 unspecified atom stereocenters. The van der Waals surface area contributed by atoms with Gasteiger partial charge in [0.05, 0.1) is 17.9 Å². The first-order valence-corrected chi connectivity index (χ1v) is 7.56. The third-order valence-electron chi connectivity index (χ3n) is 4.76. The van der Waals surface area contributed by atoms with Gasteiger partial charge in [-0.25, -0.2) is 5.01 Å². The van der Waals surface area contributed by atoms with E-state index in [-0.39, 0.29) is 11.9 Å². The van der Waals surface area contributed by atoms with Gasteiger partial charge in [0.25, 0.3) is 5.91 Å². The first-order chi connectivity index (χ1) is 10.2. The summed E-state index contributed by atoms with van der Waals surface area (Å²) in [6.07, 6.45) is 7.27. The van der Waals surface area contributed by atoms with Gasteiger partial charge in [0, 0.05) is 22.2 Å². The molecule has 0 spiro atoms. The van der Waals surface area contributed by atoms with Gasteiger partial charge in [-0.15, -0.1) is 0 Å². The predicted molar refractivity (Wildman–Crippen MR) is 78.0 cm³/mol. The van der Waals surface area contributed by atoms with Crippen molar-refractivity contribution in [2.75, 3.05) is 20.1 Å². The number of carbonyl (C=O) groups excluding carboxylic acids is 1. The van der Waals surface area contributed by atoms with Crippen LogP contribution in [0.15, 0.2) is 6.20 Å². The van der Waals surface area contributed by atoms with E-state index >= 15 is 0 Å². The molecule has 1 fully saturated rings. The Hall–Kier alpha value is -1.95. The van der Waals surface area contributed by atoms with Crippen LogP contribution in [-0.2, 0) is 11.2 Å². The van der Waals surface area contributed by atoms with Crippen molar-refractivity contribution in [2.24, 2.45) is 0 Å². The molecule has 3 heterocycles. The van der Waals surface area contributed by atoms with E-state index in [1.165, 1.54) is 0 Å². The average Bonchev–Trinajstić information content (AvgIpc) is 2.87. The summed E-state index contributed by atoms with van der Waals surface area (Å²) in [7, 11) is 2.13. The Balaban J connectivity index is 1.73.